The van der Waals surface area contributed by atoms with Crippen molar-refractivity contribution in [3.05, 3.63) is 78.2 Å². The average Bonchev–Trinajstić information content (AvgIpc) is 3.02. The van der Waals surface area contributed by atoms with Crippen LogP contribution in [0.15, 0.2) is 55.5 Å². The van der Waals surface area contributed by atoms with Gasteiger partial charge in [0.15, 0.2) is 0 Å². The molecule has 0 saturated heterocycles. The fourth-order valence-corrected chi connectivity index (χ4v) is 2.92. The highest BCUT2D eigenvalue weighted by Crippen LogP contribution is 2.21. The Morgan fingerprint density at radius 1 is 1.19 bits per heavy atom. The summed E-state index contributed by atoms with van der Waals surface area (Å²) in [6.07, 6.45) is 10.9. The Morgan fingerprint density at radius 2 is 2.07 bits per heavy atom. The molecule has 0 unspecified atom stereocenters. The summed E-state index contributed by atoms with van der Waals surface area (Å²) in [7, 11) is 0. The van der Waals surface area contributed by atoms with Crippen molar-refractivity contribution in [3.63, 3.8) is 0 Å². The largest absolute Gasteiger partial charge is 0.457 e. The number of pyridine rings is 2. The maximum absolute atomic E-state index is 5.82. The van der Waals surface area contributed by atoms with E-state index in [-0.39, 0.29) is 0 Å². The van der Waals surface area contributed by atoms with E-state index in [0.29, 0.717) is 12.6 Å². The summed E-state index contributed by atoms with van der Waals surface area (Å²) in [5.41, 5.74) is 5.44. The maximum Gasteiger partial charge on any atom is 0.317 e. The lowest BCUT2D eigenvalue weighted by atomic mass is 10.2. The van der Waals surface area contributed by atoms with Gasteiger partial charge in [-0.05, 0) is 43.7 Å². The van der Waals surface area contributed by atoms with E-state index in [1.807, 2.05) is 50.4 Å². The van der Waals surface area contributed by atoms with E-state index in [2.05, 4.69) is 25.9 Å². The number of rotatable bonds is 5. The first-order valence-corrected chi connectivity index (χ1v) is 8.64. The normalized spacial score (nSPS) is 11.5. The molecule has 0 N–H and O–H groups in total. The fourth-order valence-electron chi connectivity index (χ4n) is 2.92. The molecule has 0 spiro atoms. The van der Waals surface area contributed by atoms with Crippen molar-refractivity contribution in [2.24, 2.45) is 0 Å². The second-order valence-corrected chi connectivity index (χ2v) is 6.19. The molecule has 134 valence electrons. The van der Waals surface area contributed by atoms with Crippen LogP contribution < -0.4 is 4.74 Å². The van der Waals surface area contributed by atoms with Crippen molar-refractivity contribution in [3.8, 4) is 6.01 Å². The topological polar surface area (TPSA) is 65.2 Å². The van der Waals surface area contributed by atoms with E-state index in [1.165, 1.54) is 0 Å². The molecule has 0 aliphatic carbocycles. The first-order chi connectivity index (χ1) is 13.2. The zero-order chi connectivity index (χ0) is 18.8. The molecule has 27 heavy (non-hydrogen) atoms. The molecule has 4 rings (SSSR count). The molecule has 4 aromatic heterocycles. The zero-order valence-corrected chi connectivity index (χ0v) is 15.3. The lowest BCUT2D eigenvalue weighted by molar-refractivity contribution is 0.276. The summed E-state index contributed by atoms with van der Waals surface area (Å²) in [5, 5.41) is 1.01. The van der Waals surface area contributed by atoms with Crippen LogP contribution in [-0.4, -0.2) is 24.3 Å². The molecule has 0 radical (unpaired) electrons. The number of allylic oxidation sites excluding steroid dienone is 2. The highest BCUT2D eigenvalue weighted by atomic mass is 16.5. The van der Waals surface area contributed by atoms with Gasteiger partial charge in [-0.1, -0.05) is 18.7 Å². The summed E-state index contributed by atoms with van der Waals surface area (Å²) in [6, 6.07) is 6.26. The zero-order valence-electron chi connectivity index (χ0n) is 15.3. The van der Waals surface area contributed by atoms with E-state index >= 15 is 0 Å². The summed E-state index contributed by atoms with van der Waals surface area (Å²) in [4.78, 5) is 17.9. The Morgan fingerprint density at radius 3 is 2.93 bits per heavy atom. The second-order valence-electron chi connectivity index (χ2n) is 6.19. The summed E-state index contributed by atoms with van der Waals surface area (Å²) in [5.74, 6) is 0. The van der Waals surface area contributed by atoms with Crippen LogP contribution in [0.2, 0.25) is 0 Å². The summed E-state index contributed by atoms with van der Waals surface area (Å²) >= 11 is 0. The SMILES string of the molecule is C=C/C=C\c1nc(OCc2nc3c4cccnc4ccn3c2C)ncc1C. The van der Waals surface area contributed by atoms with Gasteiger partial charge >= 0.3 is 6.01 Å². The molecule has 6 nitrogen and oxygen atoms in total. The minimum atomic E-state index is 0.295. The second kappa shape index (κ2) is 6.99. The predicted molar refractivity (Wildman–Crippen MR) is 106 cm³/mol. The van der Waals surface area contributed by atoms with Crippen molar-refractivity contribution in [2.45, 2.75) is 20.5 Å². The molecule has 0 amide bonds. The van der Waals surface area contributed by atoms with Gasteiger partial charge in [-0.25, -0.2) is 9.97 Å². The standard InChI is InChI=1S/C21H19N5O/c1-4-5-8-17-14(2)12-23-21(25-17)27-13-19-15(3)26-11-9-18-16(20(26)24-19)7-6-10-22-18/h4-12H,1,13H2,2-3H3/b8-5-. The van der Waals surface area contributed by atoms with Crippen molar-refractivity contribution in [1.82, 2.24) is 24.3 Å². The number of fused-ring (bicyclic) bond motifs is 3. The number of imidazole rings is 1. The molecule has 4 heterocycles. The Bertz CT molecular complexity index is 1180. The smallest absolute Gasteiger partial charge is 0.317 e. The van der Waals surface area contributed by atoms with Gasteiger partial charge in [-0.15, -0.1) is 0 Å². The molecular weight excluding hydrogens is 338 g/mol. The van der Waals surface area contributed by atoms with Crippen LogP contribution >= 0.6 is 0 Å². The molecule has 0 aromatic carbocycles. The van der Waals surface area contributed by atoms with E-state index in [0.717, 1.165) is 39.2 Å². The van der Waals surface area contributed by atoms with Gasteiger partial charge < -0.3 is 9.14 Å². The molecule has 4 aromatic rings. The molecular formula is C21H19N5O. The lowest BCUT2D eigenvalue weighted by Gasteiger charge is -2.05. The molecule has 0 aliphatic heterocycles. The number of nitrogens with zero attached hydrogens (tertiary/aromatic N) is 5. The average molecular weight is 357 g/mol. The third kappa shape index (κ3) is 3.17. The minimum absolute atomic E-state index is 0.295. The highest BCUT2D eigenvalue weighted by molar-refractivity contribution is 5.91. The van der Waals surface area contributed by atoms with Crippen LogP contribution in [0.3, 0.4) is 0 Å². The molecule has 0 fully saturated rings. The Kier molecular flexibility index (Phi) is 4.38. The first-order valence-electron chi connectivity index (χ1n) is 8.64. The Labute approximate surface area is 156 Å². The fraction of sp³-hybridized carbons (Fsp3) is 0.143. The third-order valence-electron chi connectivity index (χ3n) is 4.43. The predicted octanol–water partition coefficient (Wildman–Crippen LogP) is 4.07. The van der Waals surface area contributed by atoms with Crippen molar-refractivity contribution in [2.75, 3.05) is 0 Å². The molecule has 0 atom stereocenters. The van der Waals surface area contributed by atoms with E-state index < -0.39 is 0 Å². The minimum Gasteiger partial charge on any atom is -0.457 e. The van der Waals surface area contributed by atoms with Gasteiger partial charge in [0.2, 0.25) is 0 Å². The summed E-state index contributed by atoms with van der Waals surface area (Å²) < 4.78 is 7.87. The molecule has 0 saturated carbocycles. The van der Waals surface area contributed by atoms with E-state index in [4.69, 9.17) is 9.72 Å². The van der Waals surface area contributed by atoms with Crippen LogP contribution in [-0.2, 0) is 6.61 Å². The first kappa shape index (κ1) is 16.9. The van der Waals surface area contributed by atoms with Crippen molar-refractivity contribution >= 4 is 22.6 Å². The van der Waals surface area contributed by atoms with Gasteiger partial charge in [-0.2, -0.15) is 4.98 Å². The Hall–Kier alpha value is -3.54. The molecule has 0 bridgehead atoms. The van der Waals surface area contributed by atoms with Gasteiger partial charge in [0.1, 0.15) is 12.3 Å². The maximum atomic E-state index is 5.82. The number of hydrogen-bond donors (Lipinski definition) is 0. The van der Waals surface area contributed by atoms with Gasteiger partial charge in [0, 0.05) is 29.7 Å². The molecule has 6 heteroatoms. The number of ether oxygens (including phenoxy) is 1. The van der Waals surface area contributed by atoms with Crippen LogP contribution in [0.4, 0.5) is 0 Å². The quantitative estimate of drug-likeness (QED) is 0.504. The highest BCUT2D eigenvalue weighted by Gasteiger charge is 2.12. The summed E-state index contributed by atoms with van der Waals surface area (Å²) in [6.45, 7) is 7.95. The van der Waals surface area contributed by atoms with Crippen molar-refractivity contribution in [1.29, 1.82) is 0 Å². The van der Waals surface area contributed by atoms with Crippen molar-refractivity contribution < 1.29 is 4.74 Å². The molecule has 0 aliphatic rings. The van der Waals surface area contributed by atoms with E-state index in [1.54, 1.807) is 18.5 Å². The number of aryl methyl sites for hydroxylation is 2. The Balaban J connectivity index is 1.64. The van der Waals surface area contributed by atoms with Crippen LogP contribution in [0.5, 0.6) is 6.01 Å². The third-order valence-corrected chi connectivity index (χ3v) is 4.43. The van der Waals surface area contributed by atoms with Gasteiger partial charge in [-0.3, -0.25) is 4.98 Å². The van der Waals surface area contributed by atoms with Gasteiger partial charge in [0.25, 0.3) is 0 Å². The monoisotopic (exact) mass is 357 g/mol. The van der Waals surface area contributed by atoms with Crippen LogP contribution in [0.1, 0.15) is 22.6 Å². The van der Waals surface area contributed by atoms with E-state index in [9.17, 15) is 0 Å². The lowest BCUT2D eigenvalue weighted by Crippen LogP contribution is -2.03. The van der Waals surface area contributed by atoms with Gasteiger partial charge in [0.05, 0.1) is 16.9 Å². The number of aromatic nitrogens is 5. The van der Waals surface area contributed by atoms with Crippen LogP contribution in [0, 0.1) is 13.8 Å². The number of hydrogen-bond acceptors (Lipinski definition) is 5. The van der Waals surface area contributed by atoms with Crippen LogP contribution in [0.25, 0.3) is 22.6 Å².